The van der Waals surface area contributed by atoms with E-state index in [1.807, 2.05) is 0 Å². The maximum atomic E-state index is 5.86. The topological polar surface area (TPSA) is 0 Å². The van der Waals surface area contributed by atoms with Gasteiger partial charge < -0.3 is 0 Å². The highest BCUT2D eigenvalue weighted by Crippen LogP contribution is 2.23. The molecule has 66 valence electrons. The van der Waals surface area contributed by atoms with Crippen molar-refractivity contribution in [1.29, 1.82) is 0 Å². The van der Waals surface area contributed by atoms with E-state index in [2.05, 4.69) is 33.8 Å². The molecule has 0 heterocycles. The van der Waals surface area contributed by atoms with E-state index in [1.165, 1.54) is 27.6 Å². The van der Waals surface area contributed by atoms with Crippen LogP contribution in [0.15, 0.2) is 6.07 Å². The van der Waals surface area contributed by atoms with Crippen molar-refractivity contribution in [2.24, 2.45) is 0 Å². The standard InChI is InChI=1S/C10H14ClP/c1-6-5-10(12-11)9(4)8(3)7(6)2/h5,12H,1-4H3. The Labute approximate surface area is 80.9 Å². The zero-order valence-corrected chi connectivity index (χ0v) is 9.71. The summed E-state index contributed by atoms with van der Waals surface area (Å²) in [6.45, 7) is 8.62. The molecular formula is C10H14ClP. The van der Waals surface area contributed by atoms with E-state index >= 15 is 0 Å². The van der Waals surface area contributed by atoms with E-state index < -0.39 is 0 Å². The summed E-state index contributed by atoms with van der Waals surface area (Å²) in [7, 11) is 0.390. The van der Waals surface area contributed by atoms with Crippen LogP contribution < -0.4 is 5.30 Å². The highest BCUT2D eigenvalue weighted by molar-refractivity contribution is 7.75. The van der Waals surface area contributed by atoms with E-state index in [0.717, 1.165) is 0 Å². The molecule has 0 saturated carbocycles. The summed E-state index contributed by atoms with van der Waals surface area (Å²) in [6.07, 6.45) is 0. The SMILES string of the molecule is Cc1cc(PCl)c(C)c(C)c1C. The fourth-order valence-electron chi connectivity index (χ4n) is 1.31. The molecule has 0 saturated heterocycles. The van der Waals surface area contributed by atoms with Crippen LogP contribution in [0.5, 0.6) is 0 Å². The quantitative estimate of drug-likeness (QED) is 0.610. The molecule has 2 heteroatoms. The van der Waals surface area contributed by atoms with Gasteiger partial charge in [-0.2, -0.15) is 0 Å². The molecule has 1 aromatic carbocycles. The minimum absolute atomic E-state index is 0.390. The molecule has 1 unspecified atom stereocenters. The van der Waals surface area contributed by atoms with Crippen molar-refractivity contribution in [2.75, 3.05) is 0 Å². The van der Waals surface area contributed by atoms with Crippen LogP contribution in [0, 0.1) is 27.7 Å². The van der Waals surface area contributed by atoms with E-state index in [0.29, 0.717) is 7.93 Å². The summed E-state index contributed by atoms with van der Waals surface area (Å²) < 4.78 is 0. The van der Waals surface area contributed by atoms with Gasteiger partial charge in [-0.15, -0.1) is 0 Å². The van der Waals surface area contributed by atoms with Crippen LogP contribution in [0.25, 0.3) is 0 Å². The highest BCUT2D eigenvalue weighted by Gasteiger charge is 2.05. The summed E-state index contributed by atoms with van der Waals surface area (Å²) in [6, 6.07) is 2.20. The third-order valence-electron chi connectivity index (χ3n) is 2.58. The Balaban J connectivity index is 3.39. The van der Waals surface area contributed by atoms with Crippen molar-refractivity contribution >= 4 is 24.5 Å². The van der Waals surface area contributed by atoms with Crippen molar-refractivity contribution in [1.82, 2.24) is 0 Å². The lowest BCUT2D eigenvalue weighted by molar-refractivity contribution is 1.23. The second kappa shape index (κ2) is 3.77. The van der Waals surface area contributed by atoms with E-state index in [4.69, 9.17) is 11.2 Å². The molecule has 0 bridgehead atoms. The molecule has 1 rings (SSSR count). The Morgan fingerprint density at radius 1 is 1.00 bits per heavy atom. The minimum Gasteiger partial charge on any atom is -0.0948 e. The van der Waals surface area contributed by atoms with Gasteiger partial charge in [0.05, 0.1) is 0 Å². The van der Waals surface area contributed by atoms with Gasteiger partial charge in [-0.3, -0.25) is 0 Å². The minimum atomic E-state index is 0.390. The van der Waals surface area contributed by atoms with Crippen LogP contribution in [-0.2, 0) is 0 Å². The largest absolute Gasteiger partial charge is 0.0948 e. The van der Waals surface area contributed by atoms with Crippen LogP contribution >= 0.6 is 19.2 Å². The number of benzene rings is 1. The molecule has 0 N–H and O–H groups in total. The van der Waals surface area contributed by atoms with E-state index in [1.54, 1.807) is 0 Å². The van der Waals surface area contributed by atoms with Crippen molar-refractivity contribution < 1.29 is 0 Å². The van der Waals surface area contributed by atoms with Crippen LogP contribution in [0.3, 0.4) is 0 Å². The van der Waals surface area contributed by atoms with Gasteiger partial charge in [0.25, 0.3) is 0 Å². The van der Waals surface area contributed by atoms with Gasteiger partial charge in [0.1, 0.15) is 0 Å². The first-order chi connectivity index (χ1) is 5.57. The predicted molar refractivity (Wildman–Crippen MR) is 59.2 cm³/mol. The highest BCUT2D eigenvalue weighted by atomic mass is 35.7. The first kappa shape index (κ1) is 10.0. The van der Waals surface area contributed by atoms with Gasteiger partial charge in [-0.25, -0.2) is 0 Å². The Morgan fingerprint density at radius 3 is 2.08 bits per heavy atom. The third-order valence-corrected chi connectivity index (χ3v) is 3.92. The Kier molecular flexibility index (Phi) is 3.15. The fourth-order valence-corrected chi connectivity index (χ4v) is 2.50. The third kappa shape index (κ3) is 1.65. The number of rotatable bonds is 1. The molecule has 0 nitrogen and oxygen atoms in total. The summed E-state index contributed by atoms with van der Waals surface area (Å²) in [4.78, 5) is 0. The monoisotopic (exact) mass is 200 g/mol. The molecule has 1 atom stereocenters. The zero-order valence-electron chi connectivity index (χ0n) is 7.96. The Hall–Kier alpha value is -0.0600. The predicted octanol–water partition coefficient (Wildman–Crippen LogP) is 3.38. The van der Waals surface area contributed by atoms with Gasteiger partial charge in [0.15, 0.2) is 0 Å². The Bertz CT molecular complexity index is 305. The molecule has 0 fully saturated rings. The lowest BCUT2D eigenvalue weighted by Crippen LogP contribution is -2.04. The maximum Gasteiger partial charge on any atom is 0.00688 e. The maximum absolute atomic E-state index is 5.86. The van der Waals surface area contributed by atoms with Gasteiger partial charge in [0.2, 0.25) is 0 Å². The molecule has 0 spiro atoms. The molecule has 0 aliphatic carbocycles. The van der Waals surface area contributed by atoms with Crippen LogP contribution in [-0.4, -0.2) is 0 Å². The molecule has 0 radical (unpaired) electrons. The molecule has 0 aliphatic rings. The van der Waals surface area contributed by atoms with Gasteiger partial charge in [-0.1, -0.05) is 17.3 Å². The number of hydrogen-bond donors (Lipinski definition) is 0. The average Bonchev–Trinajstić information content (AvgIpc) is 2.08. The summed E-state index contributed by atoms with van der Waals surface area (Å²) in [5, 5.41) is 1.29. The van der Waals surface area contributed by atoms with E-state index in [9.17, 15) is 0 Å². The molecule has 0 amide bonds. The Morgan fingerprint density at radius 2 is 1.58 bits per heavy atom. The zero-order chi connectivity index (χ0) is 9.30. The normalized spacial score (nSPS) is 11.4. The smallest absolute Gasteiger partial charge is 0.00688 e. The van der Waals surface area contributed by atoms with Crippen LogP contribution in [0.2, 0.25) is 0 Å². The van der Waals surface area contributed by atoms with Crippen molar-refractivity contribution in [2.45, 2.75) is 27.7 Å². The summed E-state index contributed by atoms with van der Waals surface area (Å²) in [5.74, 6) is 0. The van der Waals surface area contributed by atoms with Gasteiger partial charge >= 0.3 is 0 Å². The van der Waals surface area contributed by atoms with Crippen LogP contribution in [0.1, 0.15) is 22.3 Å². The van der Waals surface area contributed by atoms with Gasteiger partial charge in [-0.05, 0) is 55.3 Å². The van der Waals surface area contributed by atoms with Gasteiger partial charge in [0, 0.05) is 7.93 Å². The molecule has 1 aromatic rings. The average molecular weight is 201 g/mol. The molecule has 0 aliphatic heterocycles. The lowest BCUT2D eigenvalue weighted by atomic mass is 10.00. The van der Waals surface area contributed by atoms with Crippen molar-refractivity contribution in [3.05, 3.63) is 28.3 Å². The van der Waals surface area contributed by atoms with Crippen molar-refractivity contribution in [3.8, 4) is 0 Å². The number of aryl methyl sites for hydroxylation is 1. The van der Waals surface area contributed by atoms with Crippen LogP contribution in [0.4, 0.5) is 0 Å². The summed E-state index contributed by atoms with van der Waals surface area (Å²) >= 11 is 5.86. The summed E-state index contributed by atoms with van der Waals surface area (Å²) in [5.41, 5.74) is 5.48. The number of halogens is 1. The lowest BCUT2D eigenvalue weighted by Gasteiger charge is -2.11. The fraction of sp³-hybridized carbons (Fsp3) is 0.400. The van der Waals surface area contributed by atoms with Crippen molar-refractivity contribution in [3.63, 3.8) is 0 Å². The molecular weight excluding hydrogens is 187 g/mol. The molecule has 0 aromatic heterocycles. The molecule has 12 heavy (non-hydrogen) atoms. The first-order valence-electron chi connectivity index (χ1n) is 4.02. The number of hydrogen-bond acceptors (Lipinski definition) is 0. The first-order valence-corrected chi connectivity index (χ1v) is 6.03. The van der Waals surface area contributed by atoms with E-state index in [-0.39, 0.29) is 0 Å². The second-order valence-corrected chi connectivity index (χ2v) is 4.51. The second-order valence-electron chi connectivity index (χ2n) is 3.21.